The van der Waals surface area contributed by atoms with Gasteiger partial charge < -0.3 is 25.2 Å². The maximum Gasteiger partial charge on any atom is 0.265 e. The number of nitrogens with zero attached hydrogens (tertiary/aromatic N) is 4. The van der Waals surface area contributed by atoms with Crippen LogP contribution >= 0.6 is 0 Å². The van der Waals surface area contributed by atoms with E-state index in [0.717, 1.165) is 55.4 Å². The molecular weight excluding hydrogens is 416 g/mol. The Bertz CT molecular complexity index is 1050. The van der Waals surface area contributed by atoms with Gasteiger partial charge in [0.1, 0.15) is 11.8 Å². The molecule has 2 aromatic rings. The molecule has 2 aromatic carbocycles. The minimum atomic E-state index is -0.0174. The summed E-state index contributed by atoms with van der Waals surface area (Å²) in [6.07, 6.45) is 2.88. The summed E-state index contributed by atoms with van der Waals surface area (Å²) in [4.78, 5) is 20.8. The van der Waals surface area contributed by atoms with Gasteiger partial charge in [-0.15, -0.1) is 0 Å². The molecule has 0 spiro atoms. The smallest absolute Gasteiger partial charge is 0.265 e. The molecule has 2 N–H and O–H groups in total. The number of fused-ring (bicyclic) bond motifs is 1. The molecule has 1 unspecified atom stereocenters. The highest BCUT2D eigenvalue weighted by molar-refractivity contribution is 5.97. The highest BCUT2D eigenvalue weighted by Crippen LogP contribution is 2.31. The number of rotatable bonds is 6. The Hall–Kier alpha value is -3.73. The second kappa shape index (κ2) is 10.7. The van der Waals surface area contributed by atoms with E-state index >= 15 is 0 Å². The topological polar surface area (TPSA) is 93.0 Å². The molecule has 0 aromatic heterocycles. The van der Waals surface area contributed by atoms with Crippen molar-refractivity contribution in [3.63, 3.8) is 0 Å². The Morgan fingerprint density at radius 3 is 2.82 bits per heavy atom. The number of amides is 1. The molecule has 0 aliphatic carbocycles. The van der Waals surface area contributed by atoms with Crippen LogP contribution in [0, 0.1) is 11.3 Å². The van der Waals surface area contributed by atoms with Crippen molar-refractivity contribution >= 4 is 23.2 Å². The number of guanidine groups is 1. The predicted octanol–water partition coefficient (Wildman–Crippen LogP) is 2.51. The van der Waals surface area contributed by atoms with E-state index in [9.17, 15) is 10.1 Å². The number of hydrogen-bond acceptors (Lipinski definition) is 5. The first-order valence-corrected chi connectivity index (χ1v) is 11.4. The maximum atomic E-state index is 12.3. The first-order chi connectivity index (χ1) is 16.2. The third-order valence-corrected chi connectivity index (χ3v) is 6.01. The normalized spacial score (nSPS) is 18.2. The summed E-state index contributed by atoms with van der Waals surface area (Å²) in [6, 6.07) is 17.9. The summed E-state index contributed by atoms with van der Waals surface area (Å²) in [5.74, 6) is 1.49. The van der Waals surface area contributed by atoms with E-state index in [4.69, 9.17) is 4.74 Å². The average molecular weight is 447 g/mol. The van der Waals surface area contributed by atoms with E-state index < -0.39 is 0 Å². The van der Waals surface area contributed by atoms with Crippen molar-refractivity contribution in [3.8, 4) is 11.8 Å². The molecule has 33 heavy (non-hydrogen) atoms. The summed E-state index contributed by atoms with van der Waals surface area (Å²) < 4.78 is 5.51. The Balaban J connectivity index is 1.27. The van der Waals surface area contributed by atoms with Gasteiger partial charge in [-0.1, -0.05) is 24.3 Å². The largest absolute Gasteiger partial charge is 0.482 e. The van der Waals surface area contributed by atoms with E-state index in [0.29, 0.717) is 18.7 Å². The van der Waals surface area contributed by atoms with Crippen molar-refractivity contribution in [3.05, 3.63) is 54.1 Å². The lowest BCUT2D eigenvalue weighted by atomic mass is 10.0. The number of hydrogen-bond donors (Lipinski definition) is 2. The van der Waals surface area contributed by atoms with E-state index in [1.165, 1.54) is 0 Å². The van der Waals surface area contributed by atoms with E-state index in [1.807, 2.05) is 48.5 Å². The third kappa shape index (κ3) is 5.37. The number of nitrogens with one attached hydrogen (secondary N) is 2. The van der Waals surface area contributed by atoms with Gasteiger partial charge >= 0.3 is 0 Å². The van der Waals surface area contributed by atoms with Crippen molar-refractivity contribution in [2.24, 2.45) is 4.99 Å². The molecule has 1 amide bonds. The van der Waals surface area contributed by atoms with Crippen LogP contribution in [0.1, 0.15) is 24.8 Å². The Morgan fingerprint density at radius 1 is 1.21 bits per heavy atom. The van der Waals surface area contributed by atoms with Crippen LogP contribution in [-0.2, 0) is 4.79 Å². The van der Waals surface area contributed by atoms with Crippen molar-refractivity contribution < 1.29 is 9.53 Å². The van der Waals surface area contributed by atoms with Crippen molar-refractivity contribution in [2.45, 2.75) is 25.3 Å². The summed E-state index contributed by atoms with van der Waals surface area (Å²) in [5, 5.41) is 16.3. The predicted molar refractivity (Wildman–Crippen MR) is 130 cm³/mol. The molecule has 1 saturated heterocycles. The summed E-state index contributed by atoms with van der Waals surface area (Å²) in [5.41, 5.74) is 2.53. The average Bonchev–Trinajstić information content (AvgIpc) is 2.87. The molecule has 2 aliphatic heterocycles. The number of nitriles is 1. The third-order valence-electron chi connectivity index (χ3n) is 6.01. The number of para-hydroxylation sites is 3. The number of ether oxygens (including phenoxy) is 1. The van der Waals surface area contributed by atoms with Crippen LogP contribution in [0.4, 0.5) is 11.4 Å². The van der Waals surface area contributed by atoms with Crippen LogP contribution in [0.5, 0.6) is 5.75 Å². The zero-order chi connectivity index (χ0) is 23.0. The van der Waals surface area contributed by atoms with Gasteiger partial charge in [-0.25, -0.2) is 0 Å². The second-order valence-electron chi connectivity index (χ2n) is 8.21. The van der Waals surface area contributed by atoms with E-state index in [2.05, 4.69) is 26.6 Å². The van der Waals surface area contributed by atoms with Crippen LogP contribution in [-0.4, -0.2) is 57.7 Å². The highest BCUT2D eigenvalue weighted by Gasteiger charge is 2.25. The molecular formula is C25H30N6O2. The van der Waals surface area contributed by atoms with Gasteiger partial charge in [0.2, 0.25) is 0 Å². The second-order valence-corrected chi connectivity index (χ2v) is 8.21. The van der Waals surface area contributed by atoms with Crippen molar-refractivity contribution in [2.75, 3.05) is 49.6 Å². The first-order valence-electron chi connectivity index (χ1n) is 11.4. The van der Waals surface area contributed by atoms with Gasteiger partial charge in [0, 0.05) is 39.3 Å². The maximum absolute atomic E-state index is 12.3. The fraction of sp³-hybridized carbons (Fsp3) is 0.400. The van der Waals surface area contributed by atoms with Gasteiger partial charge in [-0.2, -0.15) is 5.26 Å². The van der Waals surface area contributed by atoms with Crippen molar-refractivity contribution in [1.29, 1.82) is 5.26 Å². The number of benzene rings is 2. The van der Waals surface area contributed by atoms with Crippen LogP contribution < -0.4 is 25.2 Å². The number of anilines is 2. The Labute approximate surface area is 194 Å². The zero-order valence-corrected chi connectivity index (χ0v) is 19.0. The minimum Gasteiger partial charge on any atom is -0.482 e. The molecule has 2 heterocycles. The molecule has 1 atom stereocenters. The van der Waals surface area contributed by atoms with Crippen molar-refractivity contribution in [1.82, 2.24) is 10.6 Å². The molecule has 0 radical (unpaired) electrons. The molecule has 4 rings (SSSR count). The lowest BCUT2D eigenvalue weighted by molar-refractivity contribution is -0.121. The van der Waals surface area contributed by atoms with Gasteiger partial charge in [-0.05, 0) is 43.5 Å². The standard InChI is InChI=1S/C25H30N6O2/c1-27-25(28-13-7-15-31-22-11-4-5-12-23(22)33-18-24(31)32)29-20-9-6-14-30(17-20)21-10-3-2-8-19(21)16-26/h2-5,8,10-12,20H,6-7,9,13-15,17-18H2,1H3,(H2,27,28,29). The number of piperidine rings is 1. The Morgan fingerprint density at radius 2 is 2.00 bits per heavy atom. The summed E-state index contributed by atoms with van der Waals surface area (Å²) in [7, 11) is 1.77. The fourth-order valence-electron chi connectivity index (χ4n) is 4.39. The van der Waals surface area contributed by atoms with Gasteiger partial charge in [-0.3, -0.25) is 9.79 Å². The van der Waals surface area contributed by atoms with E-state index in [-0.39, 0.29) is 18.6 Å². The lowest BCUT2D eigenvalue weighted by Crippen LogP contribution is -2.51. The SMILES string of the molecule is CN=C(NCCCN1C(=O)COc2ccccc21)NC1CCCN(c2ccccc2C#N)C1. The highest BCUT2D eigenvalue weighted by atomic mass is 16.5. The van der Waals surface area contributed by atoms with Gasteiger partial charge in [0.05, 0.1) is 16.9 Å². The van der Waals surface area contributed by atoms with Gasteiger partial charge in [0.25, 0.3) is 5.91 Å². The fourth-order valence-corrected chi connectivity index (χ4v) is 4.39. The monoisotopic (exact) mass is 446 g/mol. The van der Waals surface area contributed by atoms with E-state index in [1.54, 1.807) is 11.9 Å². The molecule has 172 valence electrons. The lowest BCUT2D eigenvalue weighted by Gasteiger charge is -2.35. The molecule has 0 saturated carbocycles. The molecule has 1 fully saturated rings. The molecule has 8 nitrogen and oxygen atoms in total. The summed E-state index contributed by atoms with van der Waals surface area (Å²) in [6.45, 7) is 3.16. The molecule has 2 aliphatic rings. The van der Waals surface area contributed by atoms with Crippen LogP contribution in [0.25, 0.3) is 0 Å². The van der Waals surface area contributed by atoms with Crippen LogP contribution in [0.2, 0.25) is 0 Å². The first kappa shape index (κ1) is 22.5. The van der Waals surface area contributed by atoms with Crippen LogP contribution in [0.15, 0.2) is 53.5 Å². The molecule has 8 heteroatoms. The van der Waals surface area contributed by atoms with Gasteiger partial charge in [0.15, 0.2) is 12.6 Å². The minimum absolute atomic E-state index is 0.0174. The van der Waals surface area contributed by atoms with Crippen LogP contribution in [0.3, 0.4) is 0 Å². The zero-order valence-electron chi connectivity index (χ0n) is 19.0. The number of carbonyl (C=O) groups excluding carboxylic acids is 1. The summed E-state index contributed by atoms with van der Waals surface area (Å²) >= 11 is 0. The number of aliphatic imine (C=N–C) groups is 1. The molecule has 0 bridgehead atoms. The Kier molecular flexibility index (Phi) is 7.30. The quantitative estimate of drug-likeness (QED) is 0.402. The number of carbonyl (C=O) groups is 1.